The zero-order chi connectivity index (χ0) is 8.10. The molecule has 1 aromatic rings. The van der Waals surface area contributed by atoms with Crippen molar-refractivity contribution in [1.29, 1.82) is 0 Å². The summed E-state index contributed by atoms with van der Waals surface area (Å²) >= 11 is 0. The van der Waals surface area contributed by atoms with Crippen LogP contribution in [0.25, 0.3) is 5.76 Å². The van der Waals surface area contributed by atoms with Crippen LogP contribution in [0.15, 0.2) is 36.9 Å². The van der Waals surface area contributed by atoms with Gasteiger partial charge in [0.05, 0.1) is 6.61 Å². The fraction of sp³-hybridized carbons (Fsp3) is 0.200. The van der Waals surface area contributed by atoms with E-state index in [1.807, 2.05) is 37.3 Å². The van der Waals surface area contributed by atoms with Crippen LogP contribution in [0.3, 0.4) is 0 Å². The molecule has 0 amide bonds. The molecule has 0 saturated heterocycles. The zero-order valence-corrected chi connectivity index (χ0v) is 6.71. The average Bonchev–Trinajstić information content (AvgIpc) is 2.07. The van der Waals surface area contributed by atoms with Crippen molar-refractivity contribution < 1.29 is 4.74 Å². The lowest BCUT2D eigenvalue weighted by atomic mass is 10.2. The molecule has 0 aliphatic carbocycles. The summed E-state index contributed by atoms with van der Waals surface area (Å²) in [4.78, 5) is 0. The highest BCUT2D eigenvalue weighted by Crippen LogP contribution is 2.11. The van der Waals surface area contributed by atoms with E-state index < -0.39 is 0 Å². The van der Waals surface area contributed by atoms with E-state index in [2.05, 4.69) is 6.58 Å². The van der Waals surface area contributed by atoms with Crippen LogP contribution < -0.4 is 0 Å². The van der Waals surface area contributed by atoms with Gasteiger partial charge in [-0.25, -0.2) is 0 Å². The Morgan fingerprint density at radius 2 is 2.00 bits per heavy atom. The van der Waals surface area contributed by atoms with Crippen LogP contribution in [0.2, 0.25) is 0 Å². The Morgan fingerprint density at radius 1 is 1.36 bits per heavy atom. The lowest BCUT2D eigenvalue weighted by Gasteiger charge is -2.05. The van der Waals surface area contributed by atoms with Crippen molar-refractivity contribution in [3.8, 4) is 0 Å². The molecule has 0 aliphatic rings. The minimum Gasteiger partial charge on any atom is -0.494 e. The Hall–Kier alpha value is -1.24. The predicted molar refractivity (Wildman–Crippen MR) is 47.1 cm³/mol. The number of ether oxygens (including phenoxy) is 1. The van der Waals surface area contributed by atoms with E-state index in [4.69, 9.17) is 4.74 Å². The molecule has 58 valence electrons. The average molecular weight is 148 g/mol. The summed E-state index contributed by atoms with van der Waals surface area (Å²) in [5.74, 6) is 0.744. The van der Waals surface area contributed by atoms with E-state index in [9.17, 15) is 0 Å². The Bertz CT molecular complexity index is 226. The van der Waals surface area contributed by atoms with Gasteiger partial charge in [-0.05, 0) is 6.92 Å². The maximum atomic E-state index is 5.23. The minimum absolute atomic E-state index is 0.674. The molecule has 0 unspecified atom stereocenters. The summed E-state index contributed by atoms with van der Waals surface area (Å²) in [6, 6.07) is 9.89. The van der Waals surface area contributed by atoms with Crippen LogP contribution in [-0.4, -0.2) is 6.61 Å². The van der Waals surface area contributed by atoms with Gasteiger partial charge in [0.2, 0.25) is 0 Å². The van der Waals surface area contributed by atoms with Crippen molar-refractivity contribution in [1.82, 2.24) is 0 Å². The van der Waals surface area contributed by atoms with Crippen LogP contribution in [0.5, 0.6) is 0 Å². The minimum atomic E-state index is 0.674. The SMILES string of the molecule is C=C(OCC)c1ccccc1. The lowest BCUT2D eigenvalue weighted by molar-refractivity contribution is 0.299. The third kappa shape index (κ3) is 2.11. The molecular weight excluding hydrogens is 136 g/mol. The van der Waals surface area contributed by atoms with Crippen LogP contribution in [0, 0.1) is 0 Å². The molecule has 0 bridgehead atoms. The molecular formula is C10H12O. The van der Waals surface area contributed by atoms with Gasteiger partial charge in [-0.1, -0.05) is 36.9 Å². The Labute approximate surface area is 67.3 Å². The molecule has 1 aromatic carbocycles. The summed E-state index contributed by atoms with van der Waals surface area (Å²) in [7, 11) is 0. The maximum absolute atomic E-state index is 5.23. The zero-order valence-electron chi connectivity index (χ0n) is 6.71. The van der Waals surface area contributed by atoms with Crippen molar-refractivity contribution in [2.75, 3.05) is 6.61 Å². The van der Waals surface area contributed by atoms with Gasteiger partial charge in [0.1, 0.15) is 5.76 Å². The van der Waals surface area contributed by atoms with E-state index in [0.29, 0.717) is 6.61 Å². The van der Waals surface area contributed by atoms with Gasteiger partial charge in [0.15, 0.2) is 0 Å². The molecule has 0 aliphatic heterocycles. The largest absolute Gasteiger partial charge is 0.494 e. The van der Waals surface area contributed by atoms with Gasteiger partial charge in [0, 0.05) is 5.56 Å². The first kappa shape index (κ1) is 7.86. The molecule has 0 saturated carbocycles. The molecule has 1 rings (SSSR count). The topological polar surface area (TPSA) is 9.23 Å². The van der Waals surface area contributed by atoms with Crippen molar-refractivity contribution in [2.45, 2.75) is 6.92 Å². The fourth-order valence-electron chi connectivity index (χ4n) is 0.882. The maximum Gasteiger partial charge on any atom is 0.119 e. The molecule has 11 heavy (non-hydrogen) atoms. The highest BCUT2D eigenvalue weighted by molar-refractivity contribution is 5.56. The van der Waals surface area contributed by atoms with E-state index in [0.717, 1.165) is 11.3 Å². The smallest absolute Gasteiger partial charge is 0.119 e. The van der Waals surface area contributed by atoms with Crippen molar-refractivity contribution in [2.24, 2.45) is 0 Å². The van der Waals surface area contributed by atoms with Gasteiger partial charge < -0.3 is 4.74 Å². The van der Waals surface area contributed by atoms with Crippen molar-refractivity contribution in [3.05, 3.63) is 42.5 Å². The van der Waals surface area contributed by atoms with E-state index in [-0.39, 0.29) is 0 Å². The van der Waals surface area contributed by atoms with Gasteiger partial charge in [-0.15, -0.1) is 0 Å². The Balaban J connectivity index is 2.69. The first-order chi connectivity index (χ1) is 5.34. The summed E-state index contributed by atoms with van der Waals surface area (Å²) in [6.45, 7) is 6.42. The third-order valence-corrected chi connectivity index (χ3v) is 1.41. The first-order valence-corrected chi connectivity index (χ1v) is 3.71. The second-order valence-corrected chi connectivity index (χ2v) is 2.22. The summed E-state index contributed by atoms with van der Waals surface area (Å²) in [5.41, 5.74) is 1.05. The van der Waals surface area contributed by atoms with Crippen molar-refractivity contribution >= 4 is 5.76 Å². The predicted octanol–water partition coefficient (Wildman–Crippen LogP) is 2.69. The molecule has 0 heterocycles. The molecule has 0 spiro atoms. The molecule has 0 N–H and O–H groups in total. The van der Waals surface area contributed by atoms with Crippen LogP contribution in [-0.2, 0) is 4.74 Å². The summed E-state index contributed by atoms with van der Waals surface area (Å²) in [5, 5.41) is 0. The van der Waals surface area contributed by atoms with E-state index >= 15 is 0 Å². The molecule has 0 radical (unpaired) electrons. The molecule has 1 nitrogen and oxygen atoms in total. The molecule has 0 atom stereocenters. The van der Waals surface area contributed by atoms with Gasteiger partial charge in [-0.3, -0.25) is 0 Å². The third-order valence-electron chi connectivity index (χ3n) is 1.41. The van der Waals surface area contributed by atoms with Crippen LogP contribution >= 0.6 is 0 Å². The van der Waals surface area contributed by atoms with Gasteiger partial charge >= 0.3 is 0 Å². The van der Waals surface area contributed by atoms with E-state index in [1.54, 1.807) is 0 Å². The van der Waals surface area contributed by atoms with Crippen molar-refractivity contribution in [3.63, 3.8) is 0 Å². The second kappa shape index (κ2) is 3.81. The molecule has 0 fully saturated rings. The highest BCUT2D eigenvalue weighted by atomic mass is 16.5. The first-order valence-electron chi connectivity index (χ1n) is 3.71. The number of hydrogen-bond acceptors (Lipinski definition) is 1. The Morgan fingerprint density at radius 3 is 2.55 bits per heavy atom. The molecule has 0 aromatic heterocycles. The molecule has 1 heteroatoms. The Kier molecular flexibility index (Phi) is 2.73. The quantitative estimate of drug-likeness (QED) is 0.599. The van der Waals surface area contributed by atoms with Crippen LogP contribution in [0.4, 0.5) is 0 Å². The monoisotopic (exact) mass is 148 g/mol. The van der Waals surface area contributed by atoms with Crippen LogP contribution in [0.1, 0.15) is 12.5 Å². The van der Waals surface area contributed by atoms with Gasteiger partial charge in [0.25, 0.3) is 0 Å². The normalized spacial score (nSPS) is 9.18. The van der Waals surface area contributed by atoms with Gasteiger partial charge in [-0.2, -0.15) is 0 Å². The number of hydrogen-bond donors (Lipinski definition) is 0. The summed E-state index contributed by atoms with van der Waals surface area (Å²) < 4.78 is 5.23. The fourth-order valence-corrected chi connectivity index (χ4v) is 0.882. The standard InChI is InChI=1S/C10H12O/c1-3-11-9(2)10-7-5-4-6-8-10/h4-8H,2-3H2,1H3. The highest BCUT2D eigenvalue weighted by Gasteiger charge is 1.94. The number of rotatable bonds is 3. The lowest BCUT2D eigenvalue weighted by Crippen LogP contribution is -1.88. The van der Waals surface area contributed by atoms with E-state index in [1.165, 1.54) is 0 Å². The summed E-state index contributed by atoms with van der Waals surface area (Å²) in [6.07, 6.45) is 0. The second-order valence-electron chi connectivity index (χ2n) is 2.22. The number of benzene rings is 1.